The Morgan fingerprint density at radius 2 is 2.04 bits per heavy atom. The van der Waals surface area contributed by atoms with Gasteiger partial charge in [-0.3, -0.25) is 4.98 Å². The van der Waals surface area contributed by atoms with Crippen LogP contribution in [-0.2, 0) is 13.0 Å². The maximum atomic E-state index is 4.65. The van der Waals surface area contributed by atoms with Crippen LogP contribution in [0.3, 0.4) is 0 Å². The SMILES string of the molecule is CCNC(=NCc1ncccc1C)NCCc1c[nH]c2ccccc12. The molecule has 0 radical (unpaired) electrons. The van der Waals surface area contributed by atoms with Gasteiger partial charge in [-0.25, -0.2) is 4.99 Å². The minimum atomic E-state index is 0.578. The topological polar surface area (TPSA) is 65.1 Å². The van der Waals surface area contributed by atoms with Crippen LogP contribution in [0, 0.1) is 6.92 Å². The Morgan fingerprint density at radius 1 is 1.16 bits per heavy atom. The van der Waals surface area contributed by atoms with Gasteiger partial charge < -0.3 is 15.6 Å². The Hall–Kier alpha value is -2.82. The van der Waals surface area contributed by atoms with Crippen LogP contribution in [0.4, 0.5) is 0 Å². The zero-order valence-electron chi connectivity index (χ0n) is 14.8. The maximum absolute atomic E-state index is 4.65. The summed E-state index contributed by atoms with van der Waals surface area (Å²) >= 11 is 0. The van der Waals surface area contributed by atoms with E-state index >= 15 is 0 Å². The van der Waals surface area contributed by atoms with Crippen LogP contribution in [-0.4, -0.2) is 29.0 Å². The van der Waals surface area contributed by atoms with E-state index in [1.54, 1.807) is 0 Å². The number of aromatic nitrogens is 2. The average Bonchev–Trinajstić information content (AvgIpc) is 3.04. The van der Waals surface area contributed by atoms with Crippen molar-refractivity contribution in [3.8, 4) is 0 Å². The predicted molar refractivity (Wildman–Crippen MR) is 104 cm³/mol. The molecule has 0 fully saturated rings. The van der Waals surface area contributed by atoms with E-state index in [9.17, 15) is 0 Å². The van der Waals surface area contributed by atoms with Crippen LogP contribution >= 0.6 is 0 Å². The first kappa shape index (κ1) is 17.0. The molecular weight excluding hydrogens is 310 g/mol. The van der Waals surface area contributed by atoms with E-state index in [1.165, 1.54) is 22.0 Å². The Kier molecular flexibility index (Phi) is 5.67. The lowest BCUT2D eigenvalue weighted by molar-refractivity contribution is 0.797. The van der Waals surface area contributed by atoms with Gasteiger partial charge in [0.1, 0.15) is 0 Å². The number of hydrogen-bond donors (Lipinski definition) is 3. The predicted octanol–water partition coefficient (Wildman–Crippen LogP) is 3.17. The number of hydrogen-bond acceptors (Lipinski definition) is 2. The van der Waals surface area contributed by atoms with Crippen molar-refractivity contribution >= 4 is 16.9 Å². The zero-order valence-corrected chi connectivity index (χ0v) is 14.8. The highest BCUT2D eigenvalue weighted by Gasteiger charge is 2.04. The average molecular weight is 335 g/mol. The summed E-state index contributed by atoms with van der Waals surface area (Å²) in [5.74, 6) is 0.826. The van der Waals surface area contributed by atoms with Crippen LogP contribution in [0.25, 0.3) is 10.9 Å². The number of fused-ring (bicyclic) bond motifs is 1. The van der Waals surface area contributed by atoms with Crippen molar-refractivity contribution in [2.45, 2.75) is 26.8 Å². The lowest BCUT2D eigenvalue weighted by atomic mass is 10.1. The molecule has 2 aromatic heterocycles. The molecule has 0 bridgehead atoms. The summed E-state index contributed by atoms with van der Waals surface area (Å²) in [6.07, 6.45) is 4.85. The highest BCUT2D eigenvalue weighted by Crippen LogP contribution is 2.17. The van der Waals surface area contributed by atoms with Crippen LogP contribution < -0.4 is 10.6 Å². The maximum Gasteiger partial charge on any atom is 0.191 e. The Morgan fingerprint density at radius 3 is 2.88 bits per heavy atom. The minimum Gasteiger partial charge on any atom is -0.361 e. The fourth-order valence-corrected chi connectivity index (χ4v) is 2.83. The number of rotatable bonds is 6. The van der Waals surface area contributed by atoms with Gasteiger partial charge in [-0.15, -0.1) is 0 Å². The monoisotopic (exact) mass is 335 g/mol. The Balaban J connectivity index is 1.60. The van der Waals surface area contributed by atoms with E-state index in [4.69, 9.17) is 0 Å². The summed E-state index contributed by atoms with van der Waals surface area (Å²) in [4.78, 5) is 12.4. The van der Waals surface area contributed by atoms with Crippen molar-refractivity contribution in [1.29, 1.82) is 0 Å². The molecule has 0 aliphatic carbocycles. The van der Waals surface area contributed by atoms with Gasteiger partial charge >= 0.3 is 0 Å². The number of guanidine groups is 1. The standard InChI is InChI=1S/C20H25N5/c1-3-21-20(25-14-19-15(2)7-6-11-22-19)23-12-10-16-13-24-18-9-5-4-8-17(16)18/h4-9,11,13,24H,3,10,12,14H2,1-2H3,(H2,21,23,25). The summed E-state index contributed by atoms with van der Waals surface area (Å²) in [6, 6.07) is 12.4. The van der Waals surface area contributed by atoms with Gasteiger partial charge in [0, 0.05) is 36.4 Å². The summed E-state index contributed by atoms with van der Waals surface area (Å²) in [5.41, 5.74) is 4.68. The minimum absolute atomic E-state index is 0.578. The molecule has 5 heteroatoms. The third kappa shape index (κ3) is 4.38. The van der Waals surface area contributed by atoms with Crippen molar-refractivity contribution in [1.82, 2.24) is 20.6 Å². The third-order valence-electron chi connectivity index (χ3n) is 4.21. The van der Waals surface area contributed by atoms with Gasteiger partial charge in [0.25, 0.3) is 0 Å². The fraction of sp³-hybridized carbons (Fsp3) is 0.300. The Bertz CT molecular complexity index is 850. The van der Waals surface area contributed by atoms with E-state index in [0.29, 0.717) is 6.54 Å². The first-order valence-electron chi connectivity index (χ1n) is 8.75. The number of H-pyrrole nitrogens is 1. The first-order chi connectivity index (χ1) is 12.3. The second-order valence-electron chi connectivity index (χ2n) is 6.00. The second kappa shape index (κ2) is 8.33. The Labute approximate surface area is 148 Å². The molecule has 0 spiro atoms. The van der Waals surface area contributed by atoms with E-state index in [0.717, 1.165) is 31.2 Å². The van der Waals surface area contributed by atoms with E-state index in [2.05, 4.69) is 76.0 Å². The molecular formula is C20H25N5. The fourth-order valence-electron chi connectivity index (χ4n) is 2.83. The van der Waals surface area contributed by atoms with Crippen molar-refractivity contribution in [3.05, 3.63) is 65.6 Å². The molecule has 0 atom stereocenters. The number of nitrogens with zero attached hydrogens (tertiary/aromatic N) is 2. The number of nitrogens with one attached hydrogen (secondary N) is 3. The van der Waals surface area contributed by atoms with Gasteiger partial charge in [0.15, 0.2) is 5.96 Å². The number of aromatic amines is 1. The van der Waals surface area contributed by atoms with Gasteiger partial charge in [0.2, 0.25) is 0 Å². The molecule has 0 saturated carbocycles. The number of para-hydroxylation sites is 1. The normalized spacial score (nSPS) is 11.7. The number of aryl methyl sites for hydroxylation is 1. The van der Waals surface area contributed by atoms with Crippen molar-refractivity contribution < 1.29 is 0 Å². The lowest BCUT2D eigenvalue weighted by Crippen LogP contribution is -2.38. The lowest BCUT2D eigenvalue weighted by Gasteiger charge is -2.11. The van der Waals surface area contributed by atoms with Crippen molar-refractivity contribution in [2.75, 3.05) is 13.1 Å². The van der Waals surface area contributed by atoms with Gasteiger partial charge in [-0.1, -0.05) is 24.3 Å². The molecule has 0 aliphatic rings. The third-order valence-corrected chi connectivity index (χ3v) is 4.21. The summed E-state index contributed by atoms with van der Waals surface area (Å²) in [6.45, 7) is 6.38. The van der Waals surface area contributed by atoms with E-state index < -0.39 is 0 Å². The molecule has 0 saturated heterocycles. The van der Waals surface area contributed by atoms with E-state index in [1.807, 2.05) is 12.3 Å². The largest absolute Gasteiger partial charge is 0.361 e. The van der Waals surface area contributed by atoms with Crippen LogP contribution in [0.2, 0.25) is 0 Å². The molecule has 5 nitrogen and oxygen atoms in total. The molecule has 0 unspecified atom stereocenters. The molecule has 2 heterocycles. The van der Waals surface area contributed by atoms with E-state index in [-0.39, 0.29) is 0 Å². The molecule has 130 valence electrons. The molecule has 1 aromatic carbocycles. The number of benzene rings is 1. The molecule has 3 rings (SSSR count). The molecule has 3 aromatic rings. The van der Waals surface area contributed by atoms with Crippen LogP contribution in [0.1, 0.15) is 23.7 Å². The quantitative estimate of drug-likeness (QED) is 0.479. The molecule has 0 aliphatic heterocycles. The van der Waals surface area contributed by atoms with Gasteiger partial charge in [-0.05, 0) is 43.5 Å². The van der Waals surface area contributed by atoms with Crippen LogP contribution in [0.15, 0.2) is 53.8 Å². The highest BCUT2D eigenvalue weighted by atomic mass is 15.2. The van der Waals surface area contributed by atoms with Crippen molar-refractivity contribution in [2.24, 2.45) is 4.99 Å². The van der Waals surface area contributed by atoms with Gasteiger partial charge in [-0.2, -0.15) is 0 Å². The van der Waals surface area contributed by atoms with Crippen molar-refractivity contribution in [3.63, 3.8) is 0 Å². The number of pyridine rings is 1. The summed E-state index contributed by atoms with van der Waals surface area (Å²) in [7, 11) is 0. The first-order valence-corrected chi connectivity index (χ1v) is 8.75. The van der Waals surface area contributed by atoms with Crippen LogP contribution in [0.5, 0.6) is 0 Å². The molecule has 3 N–H and O–H groups in total. The second-order valence-corrected chi connectivity index (χ2v) is 6.00. The summed E-state index contributed by atoms with van der Waals surface area (Å²) in [5, 5.41) is 7.99. The molecule has 0 amide bonds. The number of aliphatic imine (C=N–C) groups is 1. The highest BCUT2D eigenvalue weighted by molar-refractivity contribution is 5.83. The smallest absolute Gasteiger partial charge is 0.191 e. The summed E-state index contributed by atoms with van der Waals surface area (Å²) < 4.78 is 0. The van der Waals surface area contributed by atoms with Gasteiger partial charge in [0.05, 0.1) is 12.2 Å². The molecule has 25 heavy (non-hydrogen) atoms. The zero-order chi connectivity index (χ0) is 17.5.